The van der Waals surface area contributed by atoms with Crippen molar-refractivity contribution in [1.29, 1.82) is 0 Å². The predicted octanol–water partition coefficient (Wildman–Crippen LogP) is 2.76. The molecule has 0 saturated heterocycles. The Morgan fingerprint density at radius 2 is 2.06 bits per heavy atom. The van der Waals surface area contributed by atoms with Crippen LogP contribution < -0.4 is 0 Å². The number of nitrogens with zero attached hydrogens (tertiary/aromatic N) is 1. The summed E-state index contributed by atoms with van der Waals surface area (Å²) in [5, 5.41) is 8.84. The van der Waals surface area contributed by atoms with Crippen molar-refractivity contribution in [2.75, 3.05) is 6.54 Å². The van der Waals surface area contributed by atoms with E-state index in [9.17, 15) is 4.79 Å². The van der Waals surface area contributed by atoms with Crippen LogP contribution in [0.2, 0.25) is 0 Å². The van der Waals surface area contributed by atoms with E-state index in [1.165, 1.54) is 18.4 Å². The quantitative estimate of drug-likeness (QED) is 0.805. The number of carboxylic acids is 1. The number of hydrogen-bond acceptors (Lipinski definition) is 2. The van der Waals surface area contributed by atoms with E-state index in [-0.39, 0.29) is 6.42 Å². The molecule has 1 aliphatic rings. The molecule has 1 atom stereocenters. The average Bonchev–Trinajstić information content (AvgIpc) is 3.19. The second kappa shape index (κ2) is 6.01. The average molecular weight is 247 g/mol. The highest BCUT2D eigenvalue weighted by Crippen LogP contribution is 2.35. The van der Waals surface area contributed by atoms with Gasteiger partial charge in [0.25, 0.3) is 0 Å². The Morgan fingerprint density at radius 3 is 2.61 bits per heavy atom. The fraction of sp³-hybridized carbons (Fsp3) is 0.533. The monoisotopic (exact) mass is 247 g/mol. The minimum Gasteiger partial charge on any atom is -0.481 e. The third-order valence-electron chi connectivity index (χ3n) is 3.72. The van der Waals surface area contributed by atoms with Crippen LogP contribution in [0.5, 0.6) is 0 Å². The van der Waals surface area contributed by atoms with Crippen LogP contribution in [0.3, 0.4) is 0 Å². The highest BCUT2D eigenvalue weighted by Gasteiger charge is 2.31. The molecule has 0 spiro atoms. The van der Waals surface area contributed by atoms with Crippen molar-refractivity contribution >= 4 is 5.97 Å². The highest BCUT2D eigenvalue weighted by molar-refractivity contribution is 5.66. The van der Waals surface area contributed by atoms with Crippen molar-refractivity contribution in [1.82, 2.24) is 4.90 Å². The molecule has 2 rings (SSSR count). The molecule has 1 fully saturated rings. The molecule has 1 saturated carbocycles. The summed E-state index contributed by atoms with van der Waals surface area (Å²) < 4.78 is 0. The Hall–Kier alpha value is -1.35. The van der Waals surface area contributed by atoms with E-state index in [1.54, 1.807) is 0 Å². The van der Waals surface area contributed by atoms with Gasteiger partial charge in [-0.15, -0.1) is 0 Å². The largest absolute Gasteiger partial charge is 0.481 e. The zero-order valence-electron chi connectivity index (χ0n) is 10.9. The Balaban J connectivity index is 1.96. The number of benzene rings is 1. The minimum absolute atomic E-state index is 0.226. The zero-order valence-corrected chi connectivity index (χ0v) is 10.9. The number of carbonyl (C=O) groups is 1. The molecule has 0 amide bonds. The molecule has 98 valence electrons. The van der Waals surface area contributed by atoms with Gasteiger partial charge in [-0.25, -0.2) is 0 Å². The van der Waals surface area contributed by atoms with E-state index in [0.717, 1.165) is 12.5 Å². The third kappa shape index (κ3) is 3.84. The van der Waals surface area contributed by atoms with Gasteiger partial charge in [-0.3, -0.25) is 9.69 Å². The molecule has 0 bridgehead atoms. The molecule has 0 aliphatic heterocycles. The van der Waals surface area contributed by atoms with Gasteiger partial charge in [-0.2, -0.15) is 0 Å². The highest BCUT2D eigenvalue weighted by atomic mass is 16.4. The van der Waals surface area contributed by atoms with E-state index in [1.807, 2.05) is 18.2 Å². The molecular formula is C15H21NO2. The minimum atomic E-state index is -0.712. The molecular weight excluding hydrogens is 226 g/mol. The first-order chi connectivity index (χ1) is 8.66. The van der Waals surface area contributed by atoms with Gasteiger partial charge >= 0.3 is 5.97 Å². The Labute approximate surface area is 108 Å². The standard InChI is InChI=1S/C15H21NO2/c1-12(14-7-8-14)16(10-9-15(17)18)11-13-5-3-2-4-6-13/h2-6,12,14H,7-11H2,1H3,(H,17,18). The molecule has 3 heteroatoms. The number of aliphatic carboxylic acids is 1. The second-order valence-corrected chi connectivity index (χ2v) is 5.18. The van der Waals surface area contributed by atoms with Crippen molar-refractivity contribution in [3.05, 3.63) is 35.9 Å². The van der Waals surface area contributed by atoms with Crippen LogP contribution in [-0.2, 0) is 11.3 Å². The molecule has 0 aromatic heterocycles. The number of carboxylic acid groups (broad SMARTS) is 1. The molecule has 1 aromatic carbocycles. The summed E-state index contributed by atoms with van der Waals surface area (Å²) in [7, 11) is 0. The van der Waals surface area contributed by atoms with Crippen molar-refractivity contribution in [2.45, 2.75) is 38.8 Å². The molecule has 1 aromatic rings. The number of hydrogen-bond donors (Lipinski definition) is 1. The van der Waals surface area contributed by atoms with Crippen LogP contribution in [-0.4, -0.2) is 28.6 Å². The zero-order chi connectivity index (χ0) is 13.0. The van der Waals surface area contributed by atoms with Crippen LogP contribution >= 0.6 is 0 Å². The maximum atomic E-state index is 10.7. The molecule has 1 unspecified atom stereocenters. The summed E-state index contributed by atoms with van der Waals surface area (Å²) in [6.07, 6.45) is 2.81. The van der Waals surface area contributed by atoms with Gasteiger partial charge in [0, 0.05) is 19.1 Å². The maximum Gasteiger partial charge on any atom is 0.304 e. The fourth-order valence-corrected chi connectivity index (χ4v) is 2.36. The first-order valence-corrected chi connectivity index (χ1v) is 6.66. The van der Waals surface area contributed by atoms with Crippen LogP contribution in [0.25, 0.3) is 0 Å². The maximum absolute atomic E-state index is 10.7. The molecule has 3 nitrogen and oxygen atoms in total. The van der Waals surface area contributed by atoms with Gasteiger partial charge < -0.3 is 5.11 Å². The summed E-state index contributed by atoms with van der Waals surface area (Å²) in [5.41, 5.74) is 1.26. The van der Waals surface area contributed by atoms with E-state index in [2.05, 4.69) is 24.0 Å². The lowest BCUT2D eigenvalue weighted by molar-refractivity contribution is -0.137. The van der Waals surface area contributed by atoms with E-state index in [4.69, 9.17) is 5.11 Å². The van der Waals surface area contributed by atoms with E-state index >= 15 is 0 Å². The van der Waals surface area contributed by atoms with E-state index in [0.29, 0.717) is 12.6 Å². The number of rotatable bonds is 7. The molecule has 0 radical (unpaired) electrons. The van der Waals surface area contributed by atoms with Gasteiger partial charge in [0.15, 0.2) is 0 Å². The van der Waals surface area contributed by atoms with Crippen molar-refractivity contribution in [2.24, 2.45) is 5.92 Å². The van der Waals surface area contributed by atoms with Crippen molar-refractivity contribution < 1.29 is 9.90 Å². The summed E-state index contributed by atoms with van der Waals surface area (Å²) in [5.74, 6) is 0.0542. The van der Waals surface area contributed by atoms with Crippen molar-refractivity contribution in [3.8, 4) is 0 Å². The summed E-state index contributed by atoms with van der Waals surface area (Å²) in [4.78, 5) is 13.0. The molecule has 18 heavy (non-hydrogen) atoms. The molecule has 1 N–H and O–H groups in total. The second-order valence-electron chi connectivity index (χ2n) is 5.18. The normalized spacial score (nSPS) is 16.8. The summed E-state index contributed by atoms with van der Waals surface area (Å²) in [6, 6.07) is 10.8. The van der Waals surface area contributed by atoms with Crippen LogP contribution in [0, 0.1) is 5.92 Å². The lowest BCUT2D eigenvalue weighted by Crippen LogP contribution is -2.35. The molecule has 1 aliphatic carbocycles. The fourth-order valence-electron chi connectivity index (χ4n) is 2.36. The summed E-state index contributed by atoms with van der Waals surface area (Å²) in [6.45, 7) is 3.72. The van der Waals surface area contributed by atoms with Gasteiger partial charge in [0.05, 0.1) is 6.42 Å². The van der Waals surface area contributed by atoms with E-state index < -0.39 is 5.97 Å². The van der Waals surface area contributed by atoms with Crippen molar-refractivity contribution in [3.63, 3.8) is 0 Å². The van der Waals surface area contributed by atoms with Crippen LogP contribution in [0.15, 0.2) is 30.3 Å². The van der Waals surface area contributed by atoms with Gasteiger partial charge in [-0.1, -0.05) is 30.3 Å². The SMILES string of the molecule is CC(C1CC1)N(CCC(=O)O)Cc1ccccc1. The topological polar surface area (TPSA) is 40.5 Å². The summed E-state index contributed by atoms with van der Waals surface area (Å²) >= 11 is 0. The van der Waals surface area contributed by atoms with Gasteiger partial charge in [0.1, 0.15) is 0 Å². The van der Waals surface area contributed by atoms with Crippen LogP contribution in [0.1, 0.15) is 31.7 Å². The first-order valence-electron chi connectivity index (χ1n) is 6.66. The van der Waals surface area contributed by atoms with Gasteiger partial charge in [0.2, 0.25) is 0 Å². The Bertz CT molecular complexity index is 387. The Morgan fingerprint density at radius 1 is 1.39 bits per heavy atom. The third-order valence-corrected chi connectivity index (χ3v) is 3.72. The van der Waals surface area contributed by atoms with Crippen LogP contribution in [0.4, 0.5) is 0 Å². The first kappa shape index (κ1) is 13.1. The lowest BCUT2D eigenvalue weighted by Gasteiger charge is -2.28. The lowest BCUT2D eigenvalue weighted by atomic mass is 10.1. The predicted molar refractivity (Wildman–Crippen MR) is 71.3 cm³/mol. The van der Waals surface area contributed by atoms with Gasteiger partial charge in [-0.05, 0) is 31.2 Å². The smallest absolute Gasteiger partial charge is 0.304 e. The molecule has 0 heterocycles. The Kier molecular flexibility index (Phi) is 4.37.